The highest BCUT2D eigenvalue weighted by Crippen LogP contribution is 2.12. The summed E-state index contributed by atoms with van der Waals surface area (Å²) < 4.78 is 0.946. The van der Waals surface area contributed by atoms with E-state index in [1.807, 2.05) is 6.07 Å². The van der Waals surface area contributed by atoms with Crippen molar-refractivity contribution in [3.63, 3.8) is 0 Å². The highest BCUT2D eigenvalue weighted by atomic mass is 79.9. The predicted molar refractivity (Wildman–Crippen MR) is 75.6 cm³/mol. The van der Waals surface area contributed by atoms with Crippen molar-refractivity contribution in [3.8, 4) is 0 Å². The van der Waals surface area contributed by atoms with Crippen LogP contribution in [0.1, 0.15) is 11.1 Å². The van der Waals surface area contributed by atoms with E-state index in [1.54, 1.807) is 24.5 Å². The molecular formula is C13H12BrN3O2. The molecule has 0 saturated heterocycles. The van der Waals surface area contributed by atoms with Crippen LogP contribution in [-0.4, -0.2) is 9.91 Å². The van der Waals surface area contributed by atoms with Crippen LogP contribution in [0.3, 0.4) is 0 Å². The first-order valence-electron chi connectivity index (χ1n) is 5.68. The van der Waals surface area contributed by atoms with Gasteiger partial charge in [0.05, 0.1) is 4.92 Å². The Morgan fingerprint density at radius 2 is 1.84 bits per heavy atom. The molecule has 0 unspecified atom stereocenters. The first-order valence-corrected chi connectivity index (χ1v) is 6.48. The second-order valence-corrected chi connectivity index (χ2v) is 4.95. The number of halogens is 1. The summed E-state index contributed by atoms with van der Waals surface area (Å²) in [6.07, 6.45) is 3.54. The molecule has 1 heterocycles. The van der Waals surface area contributed by atoms with E-state index in [-0.39, 0.29) is 5.69 Å². The average Bonchev–Trinajstić information content (AvgIpc) is 2.39. The third-order valence-corrected chi connectivity index (χ3v) is 3.00. The van der Waals surface area contributed by atoms with Crippen LogP contribution in [0.4, 0.5) is 5.69 Å². The van der Waals surface area contributed by atoms with Gasteiger partial charge in [-0.2, -0.15) is 0 Å². The zero-order valence-corrected chi connectivity index (χ0v) is 11.6. The summed E-state index contributed by atoms with van der Waals surface area (Å²) in [6, 6.07) is 8.53. The van der Waals surface area contributed by atoms with Gasteiger partial charge in [-0.25, -0.2) is 0 Å². The molecule has 0 spiro atoms. The van der Waals surface area contributed by atoms with Crippen molar-refractivity contribution >= 4 is 21.6 Å². The number of nitrogens with zero attached hydrogens (tertiary/aromatic N) is 2. The van der Waals surface area contributed by atoms with Crippen molar-refractivity contribution in [1.82, 2.24) is 10.3 Å². The van der Waals surface area contributed by atoms with Gasteiger partial charge in [0, 0.05) is 42.1 Å². The quantitative estimate of drug-likeness (QED) is 0.679. The van der Waals surface area contributed by atoms with Gasteiger partial charge in [-0.3, -0.25) is 15.1 Å². The van der Waals surface area contributed by atoms with Crippen LogP contribution in [0, 0.1) is 10.1 Å². The third kappa shape index (κ3) is 4.11. The fourth-order valence-electron chi connectivity index (χ4n) is 1.64. The van der Waals surface area contributed by atoms with Crippen LogP contribution in [0.2, 0.25) is 0 Å². The van der Waals surface area contributed by atoms with E-state index < -0.39 is 4.92 Å². The number of nitrogens with one attached hydrogen (secondary N) is 1. The van der Waals surface area contributed by atoms with Crippen LogP contribution in [0.15, 0.2) is 47.2 Å². The molecule has 19 heavy (non-hydrogen) atoms. The number of pyridine rings is 1. The van der Waals surface area contributed by atoms with Crippen molar-refractivity contribution in [1.29, 1.82) is 0 Å². The molecule has 2 rings (SSSR count). The number of benzene rings is 1. The van der Waals surface area contributed by atoms with Crippen LogP contribution in [-0.2, 0) is 13.1 Å². The van der Waals surface area contributed by atoms with E-state index in [0.29, 0.717) is 13.1 Å². The molecule has 0 bridgehead atoms. The number of nitro groups is 1. The lowest BCUT2D eigenvalue weighted by Gasteiger charge is -2.05. The summed E-state index contributed by atoms with van der Waals surface area (Å²) in [5.74, 6) is 0. The largest absolute Gasteiger partial charge is 0.309 e. The summed E-state index contributed by atoms with van der Waals surface area (Å²) in [7, 11) is 0. The maximum atomic E-state index is 10.5. The number of nitro benzene ring substituents is 1. The number of rotatable bonds is 5. The molecule has 0 atom stereocenters. The van der Waals surface area contributed by atoms with Gasteiger partial charge in [0.2, 0.25) is 0 Å². The molecule has 2 aromatic rings. The van der Waals surface area contributed by atoms with Gasteiger partial charge in [0.1, 0.15) is 0 Å². The van der Waals surface area contributed by atoms with Crippen LogP contribution in [0.5, 0.6) is 0 Å². The standard InChI is InChI=1S/C13H12BrN3O2/c14-12-5-11(8-16-9-12)7-15-6-10-1-3-13(4-2-10)17(18)19/h1-5,8-9,15H,6-7H2. The minimum Gasteiger partial charge on any atom is -0.309 e. The lowest BCUT2D eigenvalue weighted by molar-refractivity contribution is -0.384. The normalized spacial score (nSPS) is 10.4. The fraction of sp³-hybridized carbons (Fsp3) is 0.154. The average molecular weight is 322 g/mol. The molecule has 6 heteroatoms. The molecule has 0 aliphatic carbocycles. The molecule has 98 valence electrons. The minimum absolute atomic E-state index is 0.111. The zero-order valence-electron chi connectivity index (χ0n) is 10.0. The van der Waals surface area contributed by atoms with Crippen molar-refractivity contribution in [3.05, 3.63) is 68.4 Å². The van der Waals surface area contributed by atoms with Crippen LogP contribution >= 0.6 is 15.9 Å². The molecule has 1 N–H and O–H groups in total. The Bertz CT molecular complexity index is 572. The molecule has 1 aromatic carbocycles. The van der Waals surface area contributed by atoms with Crippen LogP contribution < -0.4 is 5.32 Å². The molecule has 0 aliphatic heterocycles. The number of hydrogen-bond donors (Lipinski definition) is 1. The Balaban J connectivity index is 1.87. The van der Waals surface area contributed by atoms with Gasteiger partial charge in [0.15, 0.2) is 0 Å². The zero-order chi connectivity index (χ0) is 13.7. The van der Waals surface area contributed by atoms with Gasteiger partial charge >= 0.3 is 0 Å². The molecule has 0 fully saturated rings. The van der Waals surface area contributed by atoms with E-state index >= 15 is 0 Å². The first-order chi connectivity index (χ1) is 9.15. The Hall–Kier alpha value is -1.79. The Morgan fingerprint density at radius 3 is 2.47 bits per heavy atom. The fourth-order valence-corrected chi connectivity index (χ4v) is 2.05. The maximum Gasteiger partial charge on any atom is 0.269 e. The van der Waals surface area contributed by atoms with Gasteiger partial charge in [-0.1, -0.05) is 12.1 Å². The predicted octanol–water partition coefficient (Wildman–Crippen LogP) is 3.04. The lowest BCUT2D eigenvalue weighted by Crippen LogP contribution is -2.12. The van der Waals surface area contributed by atoms with E-state index in [2.05, 4.69) is 26.2 Å². The topological polar surface area (TPSA) is 68.1 Å². The summed E-state index contributed by atoms with van der Waals surface area (Å²) in [5, 5.41) is 13.8. The summed E-state index contributed by atoms with van der Waals surface area (Å²) in [4.78, 5) is 14.2. The Morgan fingerprint density at radius 1 is 1.16 bits per heavy atom. The minimum atomic E-state index is -0.398. The lowest BCUT2D eigenvalue weighted by atomic mass is 10.2. The van der Waals surface area contributed by atoms with Gasteiger partial charge in [-0.05, 0) is 33.1 Å². The second-order valence-electron chi connectivity index (χ2n) is 4.04. The van der Waals surface area contributed by atoms with Crippen molar-refractivity contribution in [2.45, 2.75) is 13.1 Å². The number of aromatic nitrogens is 1. The molecule has 0 amide bonds. The molecule has 1 aromatic heterocycles. The number of hydrogen-bond acceptors (Lipinski definition) is 4. The molecule has 5 nitrogen and oxygen atoms in total. The van der Waals surface area contributed by atoms with Crippen molar-refractivity contribution < 1.29 is 4.92 Å². The van der Waals surface area contributed by atoms with Gasteiger partial charge < -0.3 is 5.32 Å². The van der Waals surface area contributed by atoms with E-state index in [0.717, 1.165) is 15.6 Å². The van der Waals surface area contributed by atoms with Crippen molar-refractivity contribution in [2.24, 2.45) is 0 Å². The summed E-state index contributed by atoms with van der Waals surface area (Å²) in [5.41, 5.74) is 2.20. The van der Waals surface area contributed by atoms with Gasteiger partial charge in [-0.15, -0.1) is 0 Å². The molecular weight excluding hydrogens is 310 g/mol. The summed E-state index contributed by atoms with van der Waals surface area (Å²) >= 11 is 3.37. The Kier molecular flexibility index (Phi) is 4.59. The van der Waals surface area contributed by atoms with Gasteiger partial charge in [0.25, 0.3) is 5.69 Å². The second kappa shape index (κ2) is 6.40. The van der Waals surface area contributed by atoms with E-state index in [9.17, 15) is 10.1 Å². The smallest absolute Gasteiger partial charge is 0.269 e. The SMILES string of the molecule is O=[N+]([O-])c1ccc(CNCc2cncc(Br)c2)cc1. The number of non-ortho nitro benzene ring substituents is 1. The summed E-state index contributed by atoms with van der Waals surface area (Å²) in [6.45, 7) is 1.36. The molecule has 0 saturated carbocycles. The molecule has 0 radical (unpaired) electrons. The first kappa shape index (κ1) is 13.6. The van der Waals surface area contributed by atoms with Crippen LogP contribution in [0.25, 0.3) is 0 Å². The molecule has 0 aliphatic rings. The highest BCUT2D eigenvalue weighted by Gasteiger charge is 2.03. The monoisotopic (exact) mass is 321 g/mol. The van der Waals surface area contributed by atoms with E-state index in [1.165, 1.54) is 12.1 Å². The van der Waals surface area contributed by atoms with Crippen molar-refractivity contribution in [2.75, 3.05) is 0 Å². The van der Waals surface area contributed by atoms with E-state index in [4.69, 9.17) is 0 Å². The highest BCUT2D eigenvalue weighted by molar-refractivity contribution is 9.10. The Labute approximate surface area is 119 Å². The third-order valence-electron chi connectivity index (χ3n) is 2.57. The maximum absolute atomic E-state index is 10.5.